The summed E-state index contributed by atoms with van der Waals surface area (Å²) in [5.74, 6) is -1.20. The van der Waals surface area contributed by atoms with Crippen molar-refractivity contribution in [3.05, 3.63) is 88.2 Å². The van der Waals surface area contributed by atoms with Gasteiger partial charge in [-0.05, 0) is 79.6 Å². The molecule has 0 aliphatic rings. The van der Waals surface area contributed by atoms with E-state index in [0.29, 0.717) is 22.9 Å². The van der Waals surface area contributed by atoms with Crippen molar-refractivity contribution in [1.82, 2.24) is 10.2 Å². The van der Waals surface area contributed by atoms with Gasteiger partial charge in [0.05, 0.1) is 17.7 Å². The third-order valence-electron chi connectivity index (χ3n) is 6.39. The predicted molar refractivity (Wildman–Crippen MR) is 158 cm³/mol. The van der Waals surface area contributed by atoms with Gasteiger partial charge in [-0.25, -0.2) is 12.8 Å². The van der Waals surface area contributed by atoms with Gasteiger partial charge in [-0.2, -0.15) is 0 Å². The summed E-state index contributed by atoms with van der Waals surface area (Å²) in [6.45, 7) is 3.22. The van der Waals surface area contributed by atoms with Crippen molar-refractivity contribution in [3.63, 3.8) is 0 Å². The minimum atomic E-state index is -4.31. The second-order valence-corrected chi connectivity index (χ2v) is 11.9. The number of halogens is 3. The van der Waals surface area contributed by atoms with Gasteiger partial charge in [-0.1, -0.05) is 42.6 Å². The first-order valence-electron chi connectivity index (χ1n) is 12.9. The normalized spacial score (nSPS) is 12.0. The van der Waals surface area contributed by atoms with Gasteiger partial charge in [0.1, 0.15) is 24.2 Å². The van der Waals surface area contributed by atoms with Crippen LogP contribution >= 0.6 is 23.2 Å². The Labute approximate surface area is 250 Å². The van der Waals surface area contributed by atoms with Gasteiger partial charge in [0.2, 0.25) is 11.8 Å². The number of methoxy groups -OCH3 is 1. The largest absolute Gasteiger partial charge is 0.497 e. The standard InChI is InChI=1S/C29H32Cl2FN3O5S/c1-4-5-16-33-29(37)20(2)34(18-21-6-7-22(30)17-27(21)31)28(36)19-35(24-10-8-23(32)9-11-24)41(38,39)26-14-12-25(40-3)13-15-26/h6-15,17,20H,4-5,16,18-19H2,1-3H3,(H,33,37). The van der Waals surface area contributed by atoms with Crippen molar-refractivity contribution in [2.75, 3.05) is 24.5 Å². The molecule has 0 aromatic heterocycles. The molecule has 0 saturated heterocycles. The van der Waals surface area contributed by atoms with Gasteiger partial charge < -0.3 is 15.0 Å². The molecule has 0 fully saturated rings. The molecule has 0 radical (unpaired) electrons. The maximum atomic E-state index is 13.9. The smallest absolute Gasteiger partial charge is 0.264 e. The minimum Gasteiger partial charge on any atom is -0.497 e. The monoisotopic (exact) mass is 623 g/mol. The summed E-state index contributed by atoms with van der Waals surface area (Å²) < 4.78 is 47.4. The minimum absolute atomic E-state index is 0.0695. The highest BCUT2D eigenvalue weighted by Gasteiger charge is 2.33. The average Bonchev–Trinajstić information content (AvgIpc) is 2.95. The number of carbonyl (C=O) groups is 2. The number of benzene rings is 3. The quantitative estimate of drug-likeness (QED) is 0.248. The van der Waals surface area contributed by atoms with E-state index in [2.05, 4.69) is 5.32 Å². The average molecular weight is 625 g/mol. The van der Waals surface area contributed by atoms with Crippen molar-refractivity contribution in [2.45, 2.75) is 44.2 Å². The van der Waals surface area contributed by atoms with Crippen LogP contribution in [-0.4, -0.2) is 51.4 Å². The fourth-order valence-electron chi connectivity index (χ4n) is 3.96. The van der Waals surface area contributed by atoms with Crippen LogP contribution in [0.2, 0.25) is 10.0 Å². The van der Waals surface area contributed by atoms with E-state index < -0.39 is 40.2 Å². The highest BCUT2D eigenvalue weighted by molar-refractivity contribution is 7.92. The number of amides is 2. The predicted octanol–water partition coefficient (Wildman–Crippen LogP) is 5.67. The molecule has 0 bridgehead atoms. The maximum absolute atomic E-state index is 13.9. The van der Waals surface area contributed by atoms with Crippen molar-refractivity contribution in [2.24, 2.45) is 0 Å². The zero-order valence-corrected chi connectivity index (χ0v) is 25.3. The Morgan fingerprint density at radius 2 is 1.68 bits per heavy atom. The van der Waals surface area contributed by atoms with Crippen LogP contribution in [0.5, 0.6) is 5.75 Å². The molecule has 3 aromatic rings. The number of hydrogen-bond acceptors (Lipinski definition) is 5. The Hall–Kier alpha value is -3.34. The molecule has 41 heavy (non-hydrogen) atoms. The van der Waals surface area contributed by atoms with Crippen LogP contribution in [0.15, 0.2) is 71.6 Å². The molecule has 0 saturated carbocycles. The summed E-state index contributed by atoms with van der Waals surface area (Å²) in [5, 5.41) is 3.50. The Kier molecular flexibility index (Phi) is 11.4. The van der Waals surface area contributed by atoms with Gasteiger partial charge >= 0.3 is 0 Å². The van der Waals surface area contributed by atoms with Gasteiger partial charge in [-0.15, -0.1) is 0 Å². The van der Waals surface area contributed by atoms with Gasteiger partial charge in [0, 0.05) is 23.1 Å². The summed E-state index contributed by atoms with van der Waals surface area (Å²) in [7, 11) is -2.85. The van der Waals surface area contributed by atoms with Gasteiger partial charge in [-0.3, -0.25) is 13.9 Å². The van der Waals surface area contributed by atoms with Crippen molar-refractivity contribution in [3.8, 4) is 5.75 Å². The van der Waals surface area contributed by atoms with Crippen LogP contribution in [0.3, 0.4) is 0 Å². The molecule has 1 unspecified atom stereocenters. The molecule has 0 spiro atoms. The number of hydrogen-bond donors (Lipinski definition) is 1. The maximum Gasteiger partial charge on any atom is 0.264 e. The van der Waals surface area contributed by atoms with E-state index in [1.807, 2.05) is 6.92 Å². The van der Waals surface area contributed by atoms with Crippen LogP contribution in [0.25, 0.3) is 0 Å². The zero-order valence-electron chi connectivity index (χ0n) is 22.9. The van der Waals surface area contributed by atoms with E-state index in [4.69, 9.17) is 27.9 Å². The molecule has 8 nitrogen and oxygen atoms in total. The Morgan fingerprint density at radius 3 is 2.27 bits per heavy atom. The molecule has 220 valence electrons. The molecular weight excluding hydrogens is 592 g/mol. The fourth-order valence-corrected chi connectivity index (χ4v) is 5.85. The summed E-state index contributed by atoms with van der Waals surface area (Å²) in [6, 6.07) is 14.2. The summed E-state index contributed by atoms with van der Waals surface area (Å²) in [4.78, 5) is 28.1. The first kappa shape index (κ1) is 32.2. The van der Waals surface area contributed by atoms with E-state index in [1.165, 1.54) is 54.5 Å². The molecule has 2 amide bonds. The zero-order chi connectivity index (χ0) is 30.2. The molecule has 1 atom stereocenters. The molecule has 12 heteroatoms. The second kappa shape index (κ2) is 14.5. The lowest BCUT2D eigenvalue weighted by molar-refractivity contribution is -0.139. The summed E-state index contributed by atoms with van der Waals surface area (Å²) >= 11 is 12.4. The number of ether oxygens (including phenoxy) is 1. The Morgan fingerprint density at radius 1 is 1.02 bits per heavy atom. The van der Waals surface area contributed by atoms with Gasteiger partial charge in [0.25, 0.3) is 10.0 Å². The molecule has 3 aromatic carbocycles. The lowest BCUT2D eigenvalue weighted by Gasteiger charge is -2.32. The third-order valence-corrected chi connectivity index (χ3v) is 8.77. The van der Waals surface area contributed by atoms with E-state index in [0.717, 1.165) is 29.3 Å². The number of rotatable bonds is 13. The van der Waals surface area contributed by atoms with Crippen LogP contribution in [0.4, 0.5) is 10.1 Å². The Bertz CT molecular complexity index is 1450. The Balaban J connectivity index is 2.02. The molecule has 0 aliphatic heterocycles. The molecule has 0 heterocycles. The molecule has 3 rings (SSSR count). The van der Waals surface area contributed by atoms with Crippen molar-refractivity contribution in [1.29, 1.82) is 0 Å². The lowest BCUT2D eigenvalue weighted by Crippen LogP contribution is -2.51. The molecule has 1 N–H and O–H groups in total. The first-order valence-corrected chi connectivity index (χ1v) is 15.1. The van der Waals surface area contributed by atoms with Crippen LogP contribution in [-0.2, 0) is 26.2 Å². The van der Waals surface area contributed by atoms with E-state index >= 15 is 0 Å². The molecular formula is C29H32Cl2FN3O5S. The van der Waals surface area contributed by atoms with Crippen molar-refractivity contribution >= 4 is 50.7 Å². The number of carbonyl (C=O) groups excluding carboxylic acids is 2. The van der Waals surface area contributed by atoms with E-state index in [9.17, 15) is 22.4 Å². The van der Waals surface area contributed by atoms with Crippen LogP contribution in [0.1, 0.15) is 32.3 Å². The molecule has 0 aliphatic carbocycles. The van der Waals surface area contributed by atoms with E-state index in [-0.39, 0.29) is 22.2 Å². The number of sulfonamides is 1. The summed E-state index contributed by atoms with van der Waals surface area (Å²) in [6.07, 6.45) is 1.63. The third kappa shape index (κ3) is 8.34. The number of unbranched alkanes of at least 4 members (excludes halogenated alkanes) is 1. The highest BCUT2D eigenvalue weighted by Crippen LogP contribution is 2.27. The fraction of sp³-hybridized carbons (Fsp3) is 0.310. The first-order chi connectivity index (χ1) is 19.5. The van der Waals surface area contributed by atoms with Crippen molar-refractivity contribution < 1.29 is 27.1 Å². The number of nitrogens with zero attached hydrogens (tertiary/aromatic N) is 2. The lowest BCUT2D eigenvalue weighted by atomic mass is 10.1. The van der Waals surface area contributed by atoms with E-state index in [1.54, 1.807) is 19.1 Å². The van der Waals surface area contributed by atoms with Crippen LogP contribution < -0.4 is 14.4 Å². The SMILES string of the molecule is CCCCNC(=O)C(C)N(Cc1ccc(Cl)cc1Cl)C(=O)CN(c1ccc(F)cc1)S(=O)(=O)c1ccc(OC)cc1. The second-order valence-electron chi connectivity index (χ2n) is 9.24. The summed E-state index contributed by atoms with van der Waals surface area (Å²) in [5.41, 5.74) is 0.587. The number of anilines is 1. The highest BCUT2D eigenvalue weighted by atomic mass is 35.5. The van der Waals surface area contributed by atoms with Gasteiger partial charge in [0.15, 0.2) is 0 Å². The topological polar surface area (TPSA) is 96.0 Å². The number of nitrogens with one attached hydrogen (secondary N) is 1. The van der Waals surface area contributed by atoms with Crippen LogP contribution in [0, 0.1) is 5.82 Å².